The van der Waals surface area contributed by atoms with Gasteiger partial charge in [-0.3, -0.25) is 4.90 Å². The monoisotopic (exact) mass is 453 g/mol. The second kappa shape index (κ2) is 10.3. The fourth-order valence-corrected chi connectivity index (χ4v) is 4.35. The minimum atomic E-state index is -0.570. The van der Waals surface area contributed by atoms with E-state index < -0.39 is 6.10 Å². The van der Waals surface area contributed by atoms with E-state index in [-0.39, 0.29) is 0 Å². The summed E-state index contributed by atoms with van der Waals surface area (Å²) >= 11 is 6.60. The first kappa shape index (κ1) is 22.5. The van der Waals surface area contributed by atoms with Crippen molar-refractivity contribution < 1.29 is 19.3 Å². The highest BCUT2D eigenvalue weighted by atomic mass is 35.5. The molecule has 5 nitrogen and oxygen atoms in total. The van der Waals surface area contributed by atoms with Crippen molar-refractivity contribution in [2.24, 2.45) is 0 Å². The summed E-state index contributed by atoms with van der Waals surface area (Å²) in [5, 5.41) is 11.4. The summed E-state index contributed by atoms with van der Waals surface area (Å²) in [7, 11) is 3.19. The molecule has 32 heavy (non-hydrogen) atoms. The minimum absolute atomic E-state index is 0.546. The molecule has 3 aromatic rings. The molecule has 0 spiro atoms. The lowest BCUT2D eigenvalue weighted by Crippen LogP contribution is -2.25. The van der Waals surface area contributed by atoms with Gasteiger partial charge in [0.25, 0.3) is 0 Å². The highest BCUT2D eigenvalue weighted by Gasteiger charge is 2.20. The number of nitrogens with zero attached hydrogens (tertiary/aromatic N) is 1. The molecule has 6 heteroatoms. The first-order valence-corrected chi connectivity index (χ1v) is 11.1. The van der Waals surface area contributed by atoms with Gasteiger partial charge >= 0.3 is 0 Å². The normalized spacial score (nSPS) is 14.8. The first-order chi connectivity index (χ1) is 15.6. The molecule has 0 amide bonds. The predicted octanol–water partition coefficient (Wildman–Crippen LogP) is 5.03. The van der Waals surface area contributed by atoms with Crippen LogP contribution in [0.3, 0.4) is 0 Å². The maximum Gasteiger partial charge on any atom is 0.179 e. The molecule has 1 aliphatic rings. The Labute approximate surface area is 194 Å². The zero-order chi connectivity index (χ0) is 22.5. The summed E-state index contributed by atoms with van der Waals surface area (Å²) in [4.78, 5) is 2.28. The Morgan fingerprint density at radius 3 is 2.62 bits per heavy atom. The van der Waals surface area contributed by atoms with Gasteiger partial charge in [0.05, 0.1) is 25.3 Å². The van der Waals surface area contributed by atoms with Crippen molar-refractivity contribution in [1.82, 2.24) is 4.90 Å². The lowest BCUT2D eigenvalue weighted by atomic mass is 9.99. The molecule has 1 N–H and O–H groups in total. The van der Waals surface area contributed by atoms with Crippen LogP contribution < -0.4 is 14.2 Å². The highest BCUT2D eigenvalue weighted by molar-refractivity contribution is 6.33. The Balaban J connectivity index is 1.52. The average molecular weight is 454 g/mol. The number of methoxy groups -OCH3 is 2. The van der Waals surface area contributed by atoms with Crippen molar-refractivity contribution in [2.75, 3.05) is 27.4 Å². The molecule has 0 fully saturated rings. The standard InChI is InChI=1S/C26H28ClNO4/c1-30-24-11-9-20(25(27)26(24)31-2)16-28-12-13-32-23-10-8-19(15-21(23)17-28)22(29)14-18-6-4-3-5-7-18/h3-11,15,22,29H,12-14,16-17H2,1-2H3/t22-/m0/s1. The Bertz CT molecular complexity index is 1060. The van der Waals surface area contributed by atoms with Gasteiger partial charge in [0.15, 0.2) is 11.5 Å². The van der Waals surface area contributed by atoms with Crippen LogP contribution in [0.15, 0.2) is 60.7 Å². The molecule has 3 aromatic carbocycles. The maximum atomic E-state index is 10.8. The molecule has 0 saturated carbocycles. The van der Waals surface area contributed by atoms with Crippen molar-refractivity contribution in [2.45, 2.75) is 25.6 Å². The predicted molar refractivity (Wildman–Crippen MR) is 126 cm³/mol. The van der Waals surface area contributed by atoms with Crippen LogP contribution in [0.2, 0.25) is 5.02 Å². The number of hydrogen-bond donors (Lipinski definition) is 1. The number of halogens is 1. The number of benzene rings is 3. The maximum absolute atomic E-state index is 10.8. The van der Waals surface area contributed by atoms with E-state index in [1.165, 1.54) is 0 Å². The van der Waals surface area contributed by atoms with Gasteiger partial charge in [-0.2, -0.15) is 0 Å². The summed E-state index contributed by atoms with van der Waals surface area (Å²) in [5.74, 6) is 2.02. The van der Waals surface area contributed by atoms with E-state index in [2.05, 4.69) is 11.0 Å². The number of aliphatic hydroxyl groups excluding tert-OH is 1. The molecule has 0 bridgehead atoms. The fraction of sp³-hybridized carbons (Fsp3) is 0.308. The van der Waals surface area contributed by atoms with Gasteiger partial charge < -0.3 is 19.3 Å². The van der Waals surface area contributed by atoms with Gasteiger partial charge in [-0.05, 0) is 34.9 Å². The summed E-state index contributed by atoms with van der Waals surface area (Å²) < 4.78 is 16.8. The number of fused-ring (bicyclic) bond motifs is 1. The van der Waals surface area contributed by atoms with Gasteiger partial charge in [-0.25, -0.2) is 0 Å². The molecule has 0 aromatic heterocycles. The van der Waals surface area contributed by atoms with Crippen molar-refractivity contribution in [1.29, 1.82) is 0 Å². The molecule has 0 aliphatic carbocycles. The van der Waals surface area contributed by atoms with Crippen LogP contribution in [0.25, 0.3) is 0 Å². The lowest BCUT2D eigenvalue weighted by molar-refractivity contribution is 0.178. The molecule has 4 rings (SSSR count). The molecule has 1 heterocycles. The van der Waals surface area contributed by atoms with Crippen LogP contribution in [-0.2, 0) is 19.5 Å². The van der Waals surface area contributed by atoms with E-state index in [0.717, 1.165) is 34.5 Å². The summed E-state index contributed by atoms with van der Waals surface area (Å²) in [6.07, 6.45) is 0.00512. The zero-order valence-electron chi connectivity index (χ0n) is 18.4. The summed E-state index contributed by atoms with van der Waals surface area (Å²) in [5.41, 5.74) is 4.02. The van der Waals surface area contributed by atoms with Gasteiger partial charge in [-0.1, -0.05) is 54.1 Å². The van der Waals surface area contributed by atoms with Crippen molar-refractivity contribution in [3.8, 4) is 17.2 Å². The lowest BCUT2D eigenvalue weighted by Gasteiger charge is -2.22. The van der Waals surface area contributed by atoms with E-state index in [1.807, 2.05) is 54.6 Å². The highest BCUT2D eigenvalue weighted by Crippen LogP contribution is 2.38. The van der Waals surface area contributed by atoms with Crippen LogP contribution in [-0.4, -0.2) is 37.4 Å². The molecule has 1 aliphatic heterocycles. The number of ether oxygens (including phenoxy) is 3. The van der Waals surface area contributed by atoms with E-state index in [0.29, 0.717) is 42.6 Å². The number of aliphatic hydroxyl groups is 1. The topological polar surface area (TPSA) is 51.2 Å². The number of hydrogen-bond acceptors (Lipinski definition) is 5. The molecule has 0 radical (unpaired) electrons. The second-order valence-electron chi connectivity index (χ2n) is 7.91. The van der Waals surface area contributed by atoms with E-state index >= 15 is 0 Å². The molecular weight excluding hydrogens is 426 g/mol. The first-order valence-electron chi connectivity index (χ1n) is 10.7. The third-order valence-corrected chi connectivity index (χ3v) is 6.17. The Kier molecular flexibility index (Phi) is 7.20. The van der Waals surface area contributed by atoms with Crippen molar-refractivity contribution in [3.63, 3.8) is 0 Å². The molecular formula is C26H28ClNO4. The summed E-state index contributed by atoms with van der Waals surface area (Å²) in [6.45, 7) is 2.70. The van der Waals surface area contributed by atoms with Gasteiger partial charge in [0, 0.05) is 31.6 Å². The third-order valence-electron chi connectivity index (χ3n) is 5.76. The van der Waals surface area contributed by atoms with Crippen molar-refractivity contribution >= 4 is 11.6 Å². The van der Waals surface area contributed by atoms with Crippen LogP contribution in [0.4, 0.5) is 0 Å². The Morgan fingerprint density at radius 2 is 1.88 bits per heavy atom. The number of rotatable bonds is 7. The van der Waals surface area contributed by atoms with Gasteiger partial charge in [-0.15, -0.1) is 0 Å². The van der Waals surface area contributed by atoms with Crippen molar-refractivity contribution in [3.05, 3.63) is 87.9 Å². The van der Waals surface area contributed by atoms with E-state index in [4.69, 9.17) is 25.8 Å². The Hall–Kier alpha value is -2.73. The second-order valence-corrected chi connectivity index (χ2v) is 8.28. The van der Waals surface area contributed by atoms with Gasteiger partial charge in [0.2, 0.25) is 0 Å². The van der Waals surface area contributed by atoms with Gasteiger partial charge in [0.1, 0.15) is 12.4 Å². The van der Waals surface area contributed by atoms with Crippen LogP contribution >= 0.6 is 11.6 Å². The van der Waals surface area contributed by atoms with Crippen LogP contribution in [0.1, 0.15) is 28.4 Å². The molecule has 0 saturated heterocycles. The quantitative estimate of drug-likeness (QED) is 0.544. The van der Waals surface area contributed by atoms with E-state index in [9.17, 15) is 5.11 Å². The molecule has 1 atom stereocenters. The Morgan fingerprint density at radius 1 is 1.06 bits per heavy atom. The molecule has 168 valence electrons. The molecule has 0 unspecified atom stereocenters. The smallest absolute Gasteiger partial charge is 0.179 e. The zero-order valence-corrected chi connectivity index (χ0v) is 19.1. The van der Waals surface area contributed by atoms with Crippen LogP contribution in [0.5, 0.6) is 17.2 Å². The minimum Gasteiger partial charge on any atom is -0.493 e. The average Bonchev–Trinajstić information content (AvgIpc) is 3.02. The van der Waals surface area contributed by atoms with E-state index in [1.54, 1.807) is 14.2 Å². The third kappa shape index (κ3) is 5.01. The fourth-order valence-electron chi connectivity index (χ4n) is 4.06. The largest absolute Gasteiger partial charge is 0.493 e. The summed E-state index contributed by atoms with van der Waals surface area (Å²) in [6, 6.07) is 19.8. The van der Waals surface area contributed by atoms with Crippen LogP contribution in [0, 0.1) is 0 Å². The SMILES string of the molecule is COc1ccc(CN2CCOc3ccc([C@@H](O)Cc4ccccc4)cc3C2)c(Cl)c1OC.